The van der Waals surface area contributed by atoms with E-state index in [0.717, 1.165) is 12.0 Å². The van der Waals surface area contributed by atoms with E-state index in [1.165, 1.54) is 6.07 Å². The number of ether oxygens (including phenoxy) is 1. The van der Waals surface area contributed by atoms with Gasteiger partial charge in [-0.1, -0.05) is 13.0 Å². The fourth-order valence-electron chi connectivity index (χ4n) is 1.37. The summed E-state index contributed by atoms with van der Waals surface area (Å²) < 4.78 is 18.7. The van der Waals surface area contributed by atoms with Gasteiger partial charge in [0.05, 0.1) is 6.61 Å². The summed E-state index contributed by atoms with van der Waals surface area (Å²) in [7, 11) is 0. The van der Waals surface area contributed by atoms with Crippen molar-refractivity contribution in [2.24, 2.45) is 5.73 Å². The van der Waals surface area contributed by atoms with E-state index >= 15 is 0 Å². The fourth-order valence-corrected chi connectivity index (χ4v) is 1.37. The molecule has 1 unspecified atom stereocenters. The highest BCUT2D eigenvalue weighted by Crippen LogP contribution is 2.19. The summed E-state index contributed by atoms with van der Waals surface area (Å²) in [6.45, 7) is 4.44. The highest BCUT2D eigenvalue weighted by Gasteiger charge is 2.05. The molecule has 0 spiro atoms. The summed E-state index contributed by atoms with van der Waals surface area (Å²) in [6.07, 6.45) is 1.56. The molecule has 15 heavy (non-hydrogen) atoms. The van der Waals surface area contributed by atoms with Crippen LogP contribution in [0.2, 0.25) is 0 Å². The summed E-state index contributed by atoms with van der Waals surface area (Å²) in [5.41, 5.74) is 6.55. The average Bonchev–Trinajstić information content (AvgIpc) is 2.15. The third-order valence-electron chi connectivity index (χ3n) is 2.02. The largest absolute Gasteiger partial charge is 0.491 e. The van der Waals surface area contributed by atoms with Crippen molar-refractivity contribution >= 4 is 0 Å². The lowest BCUT2D eigenvalue weighted by Gasteiger charge is -2.09. The third-order valence-corrected chi connectivity index (χ3v) is 2.02. The Labute approximate surface area is 90.2 Å². The van der Waals surface area contributed by atoms with Crippen LogP contribution in [0.4, 0.5) is 4.39 Å². The van der Waals surface area contributed by atoms with Crippen LogP contribution in [0, 0.1) is 5.82 Å². The fraction of sp³-hybridized carbons (Fsp3) is 0.500. The number of halogens is 1. The molecule has 0 saturated heterocycles. The topological polar surface area (TPSA) is 35.2 Å². The Morgan fingerprint density at radius 2 is 2.20 bits per heavy atom. The molecule has 84 valence electrons. The zero-order chi connectivity index (χ0) is 11.3. The Morgan fingerprint density at radius 3 is 2.73 bits per heavy atom. The van der Waals surface area contributed by atoms with Crippen LogP contribution < -0.4 is 10.5 Å². The molecule has 0 radical (unpaired) electrons. The van der Waals surface area contributed by atoms with Gasteiger partial charge >= 0.3 is 0 Å². The Morgan fingerprint density at radius 1 is 1.47 bits per heavy atom. The number of hydrogen-bond donors (Lipinski definition) is 1. The van der Waals surface area contributed by atoms with Crippen LogP contribution in [0.1, 0.15) is 25.8 Å². The standard InChI is InChI=1S/C12H18FNO/c1-3-6-15-12-5-4-10(7-9(2)14)8-11(12)13/h4-5,8-9H,3,6-7,14H2,1-2H3. The highest BCUT2D eigenvalue weighted by atomic mass is 19.1. The zero-order valence-electron chi connectivity index (χ0n) is 9.29. The molecule has 0 heterocycles. The summed E-state index contributed by atoms with van der Waals surface area (Å²) in [4.78, 5) is 0. The minimum Gasteiger partial charge on any atom is -0.491 e. The lowest BCUT2D eigenvalue weighted by Crippen LogP contribution is -2.17. The van der Waals surface area contributed by atoms with Crippen LogP contribution >= 0.6 is 0 Å². The van der Waals surface area contributed by atoms with Gasteiger partial charge in [-0.15, -0.1) is 0 Å². The van der Waals surface area contributed by atoms with Crippen molar-refractivity contribution in [1.82, 2.24) is 0 Å². The monoisotopic (exact) mass is 211 g/mol. The highest BCUT2D eigenvalue weighted by molar-refractivity contribution is 5.29. The molecule has 0 saturated carbocycles. The van der Waals surface area contributed by atoms with E-state index < -0.39 is 0 Å². The van der Waals surface area contributed by atoms with E-state index in [-0.39, 0.29) is 11.9 Å². The van der Waals surface area contributed by atoms with Gasteiger partial charge in [0.1, 0.15) is 0 Å². The number of benzene rings is 1. The SMILES string of the molecule is CCCOc1ccc(CC(C)N)cc1F. The van der Waals surface area contributed by atoms with Gasteiger partial charge in [-0.3, -0.25) is 0 Å². The molecule has 1 aromatic rings. The van der Waals surface area contributed by atoms with E-state index in [4.69, 9.17) is 10.5 Å². The first-order valence-corrected chi connectivity index (χ1v) is 5.30. The normalized spacial score (nSPS) is 12.5. The van der Waals surface area contributed by atoms with Crippen molar-refractivity contribution in [2.75, 3.05) is 6.61 Å². The Balaban J connectivity index is 2.69. The molecular formula is C12H18FNO. The lowest BCUT2D eigenvalue weighted by atomic mass is 10.1. The second-order valence-electron chi connectivity index (χ2n) is 3.79. The van der Waals surface area contributed by atoms with Crippen molar-refractivity contribution in [1.29, 1.82) is 0 Å². The third kappa shape index (κ3) is 3.88. The second kappa shape index (κ2) is 5.71. The smallest absolute Gasteiger partial charge is 0.165 e. The summed E-state index contributed by atoms with van der Waals surface area (Å²) in [5.74, 6) is 0.0203. The minimum absolute atomic E-state index is 0.0480. The van der Waals surface area contributed by atoms with Crippen molar-refractivity contribution in [3.8, 4) is 5.75 Å². The molecule has 2 nitrogen and oxygen atoms in total. The summed E-state index contributed by atoms with van der Waals surface area (Å²) in [6, 6.07) is 5.07. The maximum Gasteiger partial charge on any atom is 0.165 e. The van der Waals surface area contributed by atoms with E-state index in [2.05, 4.69) is 0 Å². The first-order chi connectivity index (χ1) is 7.13. The number of hydrogen-bond acceptors (Lipinski definition) is 2. The molecule has 0 aliphatic rings. The molecule has 0 fully saturated rings. The van der Waals surface area contributed by atoms with E-state index in [1.807, 2.05) is 19.9 Å². The Hall–Kier alpha value is -1.09. The van der Waals surface area contributed by atoms with Gasteiger partial charge in [0.15, 0.2) is 11.6 Å². The molecule has 1 aromatic carbocycles. The Kier molecular flexibility index (Phi) is 4.56. The maximum atomic E-state index is 13.5. The molecule has 3 heteroatoms. The molecule has 1 atom stereocenters. The van der Waals surface area contributed by atoms with Crippen LogP contribution in [0.5, 0.6) is 5.75 Å². The molecule has 0 bridgehead atoms. The minimum atomic E-state index is -0.304. The van der Waals surface area contributed by atoms with Crippen LogP contribution in [0.25, 0.3) is 0 Å². The average molecular weight is 211 g/mol. The number of rotatable bonds is 5. The number of nitrogens with two attached hydrogens (primary N) is 1. The Bertz CT molecular complexity index is 312. The van der Waals surface area contributed by atoms with Gasteiger partial charge in [-0.25, -0.2) is 4.39 Å². The zero-order valence-corrected chi connectivity index (χ0v) is 9.29. The van der Waals surface area contributed by atoms with Gasteiger partial charge in [0.2, 0.25) is 0 Å². The molecular weight excluding hydrogens is 193 g/mol. The second-order valence-corrected chi connectivity index (χ2v) is 3.79. The quantitative estimate of drug-likeness (QED) is 0.812. The van der Waals surface area contributed by atoms with Crippen molar-refractivity contribution < 1.29 is 9.13 Å². The van der Waals surface area contributed by atoms with Gasteiger partial charge in [-0.2, -0.15) is 0 Å². The van der Waals surface area contributed by atoms with Crippen LogP contribution in [0.15, 0.2) is 18.2 Å². The molecule has 0 aromatic heterocycles. The first-order valence-electron chi connectivity index (χ1n) is 5.30. The van der Waals surface area contributed by atoms with Crippen molar-refractivity contribution in [3.63, 3.8) is 0 Å². The maximum absolute atomic E-state index is 13.5. The van der Waals surface area contributed by atoms with Crippen LogP contribution in [0.3, 0.4) is 0 Å². The van der Waals surface area contributed by atoms with E-state index in [1.54, 1.807) is 6.07 Å². The summed E-state index contributed by atoms with van der Waals surface area (Å²) in [5, 5.41) is 0. The van der Waals surface area contributed by atoms with Crippen molar-refractivity contribution in [3.05, 3.63) is 29.6 Å². The molecule has 1 rings (SSSR count). The predicted octanol–water partition coefficient (Wildman–Crippen LogP) is 2.50. The van der Waals surface area contributed by atoms with Crippen LogP contribution in [-0.2, 0) is 6.42 Å². The predicted molar refractivity (Wildman–Crippen MR) is 59.5 cm³/mol. The molecule has 2 N–H and O–H groups in total. The molecule has 0 amide bonds. The van der Waals surface area contributed by atoms with Gasteiger partial charge in [0.25, 0.3) is 0 Å². The first kappa shape index (κ1) is 12.0. The molecule has 0 aliphatic carbocycles. The van der Waals surface area contributed by atoms with Gasteiger partial charge < -0.3 is 10.5 Å². The van der Waals surface area contributed by atoms with Crippen LogP contribution in [-0.4, -0.2) is 12.6 Å². The van der Waals surface area contributed by atoms with Gasteiger partial charge in [0, 0.05) is 6.04 Å². The van der Waals surface area contributed by atoms with Gasteiger partial charge in [-0.05, 0) is 37.5 Å². The summed E-state index contributed by atoms with van der Waals surface area (Å²) >= 11 is 0. The van der Waals surface area contributed by atoms with Crippen molar-refractivity contribution in [2.45, 2.75) is 32.7 Å². The van der Waals surface area contributed by atoms with E-state index in [0.29, 0.717) is 18.8 Å². The van der Waals surface area contributed by atoms with E-state index in [9.17, 15) is 4.39 Å². The lowest BCUT2D eigenvalue weighted by molar-refractivity contribution is 0.301. The molecule has 0 aliphatic heterocycles.